The monoisotopic (exact) mass is 385 g/mol. The highest BCUT2D eigenvalue weighted by Gasteiger charge is 2.21. The molecular formula is C20H23N3OS2. The van der Waals surface area contributed by atoms with Gasteiger partial charge in [-0.25, -0.2) is 0 Å². The summed E-state index contributed by atoms with van der Waals surface area (Å²) in [5, 5.41) is 7.04. The molecule has 0 aromatic heterocycles. The fourth-order valence-corrected chi connectivity index (χ4v) is 3.86. The lowest BCUT2D eigenvalue weighted by Crippen LogP contribution is -2.30. The Labute approximate surface area is 164 Å². The van der Waals surface area contributed by atoms with Gasteiger partial charge in [0.15, 0.2) is 5.11 Å². The topological polar surface area (TPSA) is 44.4 Å². The van der Waals surface area contributed by atoms with Crippen LogP contribution >= 0.6 is 24.0 Å². The summed E-state index contributed by atoms with van der Waals surface area (Å²) in [6, 6.07) is 18.3. The van der Waals surface area contributed by atoms with Crippen molar-refractivity contribution in [2.45, 2.75) is 18.6 Å². The second-order valence-electron chi connectivity index (χ2n) is 6.11. The van der Waals surface area contributed by atoms with Gasteiger partial charge in [0.25, 0.3) is 0 Å². The van der Waals surface area contributed by atoms with Crippen molar-refractivity contribution in [1.29, 1.82) is 0 Å². The first kappa shape index (κ1) is 18.7. The van der Waals surface area contributed by atoms with Crippen LogP contribution < -0.4 is 15.5 Å². The molecule has 1 heterocycles. The quantitative estimate of drug-likeness (QED) is 0.556. The molecule has 1 saturated heterocycles. The smallest absolute Gasteiger partial charge is 0.227 e. The Morgan fingerprint density at radius 3 is 2.58 bits per heavy atom. The SMILES string of the molecule is O=C1CCCN1c1ccc(NC(=S)NCCSCc2ccccc2)cc1. The summed E-state index contributed by atoms with van der Waals surface area (Å²) in [6.45, 7) is 1.63. The molecule has 0 radical (unpaired) electrons. The standard InChI is InChI=1S/C20H23N3OS2/c24-19-7-4-13-23(19)18-10-8-17(9-11-18)22-20(25)21-12-14-26-15-16-5-2-1-3-6-16/h1-3,5-6,8-11H,4,7,12-15H2,(H2,21,22,25). The van der Waals surface area contributed by atoms with Gasteiger partial charge in [-0.05, 0) is 48.5 Å². The van der Waals surface area contributed by atoms with Gasteiger partial charge < -0.3 is 15.5 Å². The Kier molecular flexibility index (Phi) is 6.91. The second kappa shape index (κ2) is 9.59. The van der Waals surface area contributed by atoms with Gasteiger partial charge in [0, 0.05) is 42.4 Å². The normalized spacial score (nSPS) is 13.7. The van der Waals surface area contributed by atoms with Crippen molar-refractivity contribution in [1.82, 2.24) is 5.32 Å². The van der Waals surface area contributed by atoms with Crippen molar-refractivity contribution in [2.24, 2.45) is 0 Å². The molecule has 4 nitrogen and oxygen atoms in total. The summed E-state index contributed by atoms with van der Waals surface area (Å²) in [5.41, 5.74) is 3.22. The first-order valence-corrected chi connectivity index (χ1v) is 10.4. The van der Waals surface area contributed by atoms with Crippen LogP contribution in [0.5, 0.6) is 0 Å². The number of carbonyl (C=O) groups excluding carboxylic acids is 1. The zero-order valence-corrected chi connectivity index (χ0v) is 16.2. The zero-order valence-electron chi connectivity index (χ0n) is 14.6. The number of nitrogens with one attached hydrogen (secondary N) is 2. The number of nitrogens with zero attached hydrogens (tertiary/aromatic N) is 1. The third kappa shape index (κ3) is 5.47. The lowest BCUT2D eigenvalue weighted by atomic mass is 10.2. The van der Waals surface area contributed by atoms with Crippen LogP contribution in [-0.2, 0) is 10.5 Å². The number of amides is 1. The summed E-state index contributed by atoms with van der Waals surface area (Å²) >= 11 is 7.23. The van der Waals surface area contributed by atoms with Gasteiger partial charge in [-0.15, -0.1) is 0 Å². The van der Waals surface area contributed by atoms with Crippen LogP contribution in [0.4, 0.5) is 11.4 Å². The minimum absolute atomic E-state index is 0.205. The lowest BCUT2D eigenvalue weighted by Gasteiger charge is -2.16. The van der Waals surface area contributed by atoms with E-state index in [9.17, 15) is 4.79 Å². The van der Waals surface area contributed by atoms with Crippen LogP contribution in [0.3, 0.4) is 0 Å². The van der Waals surface area contributed by atoms with E-state index in [4.69, 9.17) is 12.2 Å². The third-order valence-electron chi connectivity index (χ3n) is 4.15. The molecule has 1 fully saturated rings. The molecular weight excluding hydrogens is 362 g/mol. The van der Waals surface area contributed by atoms with E-state index < -0.39 is 0 Å². The number of thioether (sulfide) groups is 1. The van der Waals surface area contributed by atoms with Crippen molar-refractivity contribution in [3.63, 3.8) is 0 Å². The minimum atomic E-state index is 0.205. The number of carbonyl (C=O) groups is 1. The molecule has 3 rings (SSSR count). The molecule has 0 unspecified atom stereocenters. The van der Waals surface area contributed by atoms with E-state index in [-0.39, 0.29) is 5.91 Å². The largest absolute Gasteiger partial charge is 0.362 e. The Morgan fingerprint density at radius 2 is 1.88 bits per heavy atom. The van der Waals surface area contributed by atoms with Crippen LogP contribution in [0.2, 0.25) is 0 Å². The molecule has 0 saturated carbocycles. The van der Waals surface area contributed by atoms with Gasteiger partial charge in [-0.2, -0.15) is 11.8 Å². The third-order valence-corrected chi connectivity index (χ3v) is 5.43. The molecule has 0 atom stereocenters. The molecule has 2 aromatic carbocycles. The summed E-state index contributed by atoms with van der Waals surface area (Å²) in [4.78, 5) is 13.6. The molecule has 6 heteroatoms. The molecule has 0 aliphatic carbocycles. The first-order chi connectivity index (χ1) is 12.7. The predicted octanol–water partition coefficient (Wildman–Crippen LogP) is 4.03. The number of benzene rings is 2. The molecule has 0 spiro atoms. The van der Waals surface area contributed by atoms with Crippen LogP contribution in [0, 0.1) is 0 Å². The molecule has 26 heavy (non-hydrogen) atoms. The highest BCUT2D eigenvalue weighted by Crippen LogP contribution is 2.23. The van der Waals surface area contributed by atoms with Crippen molar-refractivity contribution in [3.8, 4) is 0 Å². The van der Waals surface area contributed by atoms with Crippen LogP contribution in [0.1, 0.15) is 18.4 Å². The summed E-state index contributed by atoms with van der Waals surface area (Å²) in [7, 11) is 0. The van der Waals surface area contributed by atoms with Gasteiger partial charge in [0.1, 0.15) is 0 Å². The highest BCUT2D eigenvalue weighted by atomic mass is 32.2. The molecule has 2 aromatic rings. The van der Waals surface area contributed by atoms with E-state index in [1.807, 2.05) is 47.0 Å². The summed E-state index contributed by atoms with van der Waals surface area (Å²) in [5.74, 6) is 2.21. The summed E-state index contributed by atoms with van der Waals surface area (Å²) in [6.07, 6.45) is 1.59. The van der Waals surface area contributed by atoms with Crippen molar-refractivity contribution in [3.05, 3.63) is 60.2 Å². The minimum Gasteiger partial charge on any atom is -0.362 e. The van der Waals surface area contributed by atoms with Crippen molar-refractivity contribution < 1.29 is 4.79 Å². The zero-order chi connectivity index (χ0) is 18.2. The average molecular weight is 386 g/mol. The van der Waals surface area contributed by atoms with E-state index >= 15 is 0 Å². The van der Waals surface area contributed by atoms with Crippen LogP contribution in [0.25, 0.3) is 0 Å². The molecule has 136 valence electrons. The molecule has 0 bridgehead atoms. The Balaban J connectivity index is 1.36. The van der Waals surface area contributed by atoms with Crippen molar-refractivity contribution >= 4 is 46.4 Å². The number of hydrogen-bond acceptors (Lipinski definition) is 3. The molecule has 2 N–H and O–H groups in total. The number of anilines is 2. The van der Waals surface area contributed by atoms with E-state index in [2.05, 4.69) is 34.9 Å². The predicted molar refractivity (Wildman–Crippen MR) is 115 cm³/mol. The molecule has 1 aliphatic rings. The van der Waals surface area contributed by atoms with Gasteiger partial charge in [0.05, 0.1) is 0 Å². The molecule has 1 aliphatic heterocycles. The maximum Gasteiger partial charge on any atom is 0.227 e. The lowest BCUT2D eigenvalue weighted by molar-refractivity contribution is -0.117. The van der Waals surface area contributed by atoms with E-state index in [0.29, 0.717) is 11.5 Å². The van der Waals surface area contributed by atoms with Crippen LogP contribution in [-0.4, -0.2) is 29.9 Å². The Hall–Kier alpha value is -2.05. The number of thiocarbonyl (C=S) groups is 1. The maximum atomic E-state index is 11.8. The Morgan fingerprint density at radius 1 is 1.12 bits per heavy atom. The number of hydrogen-bond donors (Lipinski definition) is 2. The van der Waals surface area contributed by atoms with Crippen molar-refractivity contribution in [2.75, 3.05) is 29.1 Å². The van der Waals surface area contributed by atoms with Gasteiger partial charge >= 0.3 is 0 Å². The fraction of sp³-hybridized carbons (Fsp3) is 0.300. The van der Waals surface area contributed by atoms with E-state index in [1.54, 1.807) is 0 Å². The Bertz CT molecular complexity index is 734. The van der Waals surface area contributed by atoms with Gasteiger partial charge in [-0.3, -0.25) is 4.79 Å². The fourth-order valence-electron chi connectivity index (χ4n) is 2.82. The average Bonchev–Trinajstić information content (AvgIpc) is 3.09. The highest BCUT2D eigenvalue weighted by molar-refractivity contribution is 7.98. The van der Waals surface area contributed by atoms with Gasteiger partial charge in [-0.1, -0.05) is 30.3 Å². The molecule has 1 amide bonds. The van der Waals surface area contributed by atoms with Gasteiger partial charge in [0.2, 0.25) is 5.91 Å². The maximum absolute atomic E-state index is 11.8. The first-order valence-electron chi connectivity index (χ1n) is 8.79. The van der Waals surface area contributed by atoms with E-state index in [1.165, 1.54) is 5.56 Å². The summed E-state index contributed by atoms with van der Waals surface area (Å²) < 4.78 is 0. The van der Waals surface area contributed by atoms with Crippen LogP contribution in [0.15, 0.2) is 54.6 Å². The number of rotatable bonds is 7. The second-order valence-corrected chi connectivity index (χ2v) is 7.63. The van der Waals surface area contributed by atoms with E-state index in [0.717, 1.165) is 42.4 Å².